The summed E-state index contributed by atoms with van der Waals surface area (Å²) in [6.07, 6.45) is 0. The van der Waals surface area contributed by atoms with E-state index in [0.29, 0.717) is 32.7 Å². The molecule has 0 saturated heterocycles. The van der Waals surface area contributed by atoms with Crippen LogP contribution in [0.25, 0.3) is 21.8 Å². The standard InChI is InChI=1S/C15H7B8N/c1-3(2)24-14-4(6(16)8(18)10(20)12(14)22)5-7(17)9(19)11(21)13(23)15(5)24/h3H,1-2H3. The normalized spacial score (nSPS) is 11.8. The van der Waals surface area contributed by atoms with Crippen LogP contribution in [-0.2, 0) is 0 Å². The minimum atomic E-state index is -0.0144. The van der Waals surface area contributed by atoms with Crippen molar-refractivity contribution in [1.29, 1.82) is 0 Å². The molecule has 0 amide bonds. The van der Waals surface area contributed by atoms with Crippen LogP contribution in [0.4, 0.5) is 0 Å². The van der Waals surface area contributed by atoms with E-state index in [-0.39, 0.29) is 38.8 Å². The molecule has 2 aromatic carbocycles. The highest BCUT2D eigenvalue weighted by Gasteiger charge is 2.22. The van der Waals surface area contributed by atoms with Gasteiger partial charge in [-0.2, -0.15) is 0 Å². The Balaban J connectivity index is 2.84. The third-order valence-electron chi connectivity index (χ3n) is 4.51. The molecule has 0 N–H and O–H groups in total. The molecule has 0 unspecified atom stereocenters. The average molecular weight is 288 g/mol. The second-order valence-electron chi connectivity index (χ2n) is 6.22. The molecule has 0 aliphatic heterocycles. The number of fused-ring (bicyclic) bond motifs is 3. The van der Waals surface area contributed by atoms with Gasteiger partial charge in [-0.15, -0.1) is 21.9 Å². The van der Waals surface area contributed by atoms with Gasteiger partial charge in [-0.05, 0) is 24.6 Å². The molecule has 1 aromatic heterocycles. The van der Waals surface area contributed by atoms with Crippen LogP contribution in [0, 0.1) is 0 Å². The molecule has 0 aliphatic rings. The fourth-order valence-electron chi connectivity index (χ4n) is 3.26. The summed E-state index contributed by atoms with van der Waals surface area (Å²) in [4.78, 5) is 0. The first-order valence-electron chi connectivity index (χ1n) is 7.42. The predicted octanol–water partition coefficient (Wildman–Crippen LogP) is -5.27. The highest BCUT2D eigenvalue weighted by atomic mass is 15.0. The SMILES string of the molecule is [B]c1c([B])c([B])c2c(c1[B])c1c([B])c([B])c([B])c([B])c1n2C(C)C. The number of aromatic nitrogens is 1. The average Bonchev–Trinajstić information content (AvgIpc) is 2.90. The van der Waals surface area contributed by atoms with E-state index in [0.717, 1.165) is 0 Å². The van der Waals surface area contributed by atoms with Crippen LogP contribution in [0.3, 0.4) is 0 Å². The Kier molecular flexibility index (Phi) is 4.13. The van der Waals surface area contributed by atoms with Crippen LogP contribution in [0.1, 0.15) is 19.9 Å². The van der Waals surface area contributed by atoms with Crippen molar-refractivity contribution < 1.29 is 0 Å². The summed E-state index contributed by atoms with van der Waals surface area (Å²) >= 11 is 0. The highest BCUT2D eigenvalue weighted by molar-refractivity contribution is 6.71. The van der Waals surface area contributed by atoms with Crippen molar-refractivity contribution in [2.75, 3.05) is 0 Å². The smallest absolute Gasteiger partial charge is 0.115 e. The van der Waals surface area contributed by atoms with Crippen molar-refractivity contribution in [2.45, 2.75) is 19.9 Å². The molecule has 0 aliphatic carbocycles. The van der Waals surface area contributed by atoms with Crippen molar-refractivity contribution in [3.05, 3.63) is 0 Å². The van der Waals surface area contributed by atoms with Crippen LogP contribution >= 0.6 is 0 Å². The van der Waals surface area contributed by atoms with Gasteiger partial charge in [0, 0.05) is 17.1 Å². The zero-order valence-corrected chi connectivity index (χ0v) is 13.6. The van der Waals surface area contributed by atoms with Crippen LogP contribution < -0.4 is 43.7 Å². The van der Waals surface area contributed by atoms with E-state index in [4.69, 9.17) is 62.8 Å². The number of rotatable bonds is 1. The summed E-state index contributed by atoms with van der Waals surface area (Å²) < 4.78 is 1.91. The van der Waals surface area contributed by atoms with Gasteiger partial charge in [-0.3, -0.25) is 0 Å². The minimum Gasteiger partial charge on any atom is -0.339 e. The van der Waals surface area contributed by atoms with Gasteiger partial charge in [0.05, 0.1) is 0 Å². The maximum absolute atomic E-state index is 6.24. The Morgan fingerprint density at radius 2 is 0.792 bits per heavy atom. The Labute approximate surface area is 153 Å². The van der Waals surface area contributed by atoms with Crippen molar-refractivity contribution in [2.24, 2.45) is 0 Å². The molecule has 0 saturated carbocycles. The molecule has 24 heavy (non-hydrogen) atoms. The molecule has 16 radical (unpaired) electrons. The Morgan fingerprint density at radius 3 is 1.08 bits per heavy atom. The summed E-state index contributed by atoms with van der Waals surface area (Å²) in [7, 11) is 49.0. The Hall–Kier alpha value is -1.24. The minimum absolute atomic E-state index is 0.0144. The molecule has 1 heterocycles. The van der Waals surface area contributed by atoms with Crippen LogP contribution in [0.15, 0.2) is 0 Å². The van der Waals surface area contributed by atoms with E-state index in [1.54, 1.807) is 0 Å². The van der Waals surface area contributed by atoms with Crippen molar-refractivity contribution >= 4 is 128 Å². The first-order chi connectivity index (χ1) is 11.1. The lowest BCUT2D eigenvalue weighted by molar-refractivity contribution is 0.644. The Morgan fingerprint density at radius 1 is 0.500 bits per heavy atom. The predicted molar refractivity (Wildman–Crippen MR) is 113 cm³/mol. The zero-order valence-electron chi connectivity index (χ0n) is 13.6. The first-order valence-corrected chi connectivity index (χ1v) is 7.42. The van der Waals surface area contributed by atoms with Gasteiger partial charge < -0.3 is 4.57 Å². The second-order valence-corrected chi connectivity index (χ2v) is 6.22. The maximum Gasteiger partial charge on any atom is 0.115 e. The topological polar surface area (TPSA) is 4.93 Å². The van der Waals surface area contributed by atoms with Gasteiger partial charge in [0.25, 0.3) is 0 Å². The van der Waals surface area contributed by atoms with E-state index in [1.807, 2.05) is 18.4 Å². The summed E-state index contributed by atoms with van der Waals surface area (Å²) in [5.41, 5.74) is 3.31. The molecule has 3 aromatic rings. The van der Waals surface area contributed by atoms with Gasteiger partial charge in [0.2, 0.25) is 0 Å². The first kappa shape index (κ1) is 17.6. The van der Waals surface area contributed by atoms with Gasteiger partial charge in [0.15, 0.2) is 0 Å². The molecular weight excluding hydrogens is 281 g/mol. The van der Waals surface area contributed by atoms with Crippen LogP contribution in [-0.4, -0.2) is 67.3 Å². The summed E-state index contributed by atoms with van der Waals surface area (Å²) in [6, 6.07) is -0.0144. The summed E-state index contributed by atoms with van der Waals surface area (Å²) in [6.45, 7) is 3.95. The number of hydrogen-bond donors (Lipinski definition) is 0. The van der Waals surface area contributed by atoms with E-state index >= 15 is 0 Å². The third kappa shape index (κ3) is 2.06. The fraction of sp³-hybridized carbons (Fsp3) is 0.200. The quantitative estimate of drug-likeness (QED) is 0.394. The van der Waals surface area contributed by atoms with Crippen molar-refractivity contribution in [3.63, 3.8) is 0 Å². The zero-order chi connectivity index (χ0) is 18.1. The van der Waals surface area contributed by atoms with E-state index in [2.05, 4.69) is 0 Å². The monoisotopic (exact) mass is 289 g/mol. The van der Waals surface area contributed by atoms with Gasteiger partial charge in [-0.25, -0.2) is 0 Å². The van der Waals surface area contributed by atoms with E-state index in [1.165, 1.54) is 0 Å². The van der Waals surface area contributed by atoms with Gasteiger partial charge in [0.1, 0.15) is 62.8 Å². The van der Waals surface area contributed by atoms with Crippen molar-refractivity contribution in [3.8, 4) is 0 Å². The lowest BCUT2D eigenvalue weighted by atomic mass is 9.63. The molecular formula is C15H7B8N. The van der Waals surface area contributed by atoms with E-state index < -0.39 is 0 Å². The Bertz CT molecular complexity index is 941. The number of nitrogens with zero attached hydrogens (tertiary/aromatic N) is 1. The largest absolute Gasteiger partial charge is 0.339 e. The highest BCUT2D eigenvalue weighted by Crippen LogP contribution is 2.26. The fourth-order valence-corrected chi connectivity index (χ4v) is 3.26. The van der Waals surface area contributed by atoms with Gasteiger partial charge >= 0.3 is 0 Å². The number of benzene rings is 2. The number of hydrogen-bond acceptors (Lipinski definition) is 0. The summed E-state index contributed by atoms with van der Waals surface area (Å²) in [5, 5.41) is 1.16. The van der Waals surface area contributed by atoms with Crippen LogP contribution in [0.5, 0.6) is 0 Å². The molecule has 9 heteroatoms. The van der Waals surface area contributed by atoms with Crippen LogP contribution in [0.2, 0.25) is 0 Å². The summed E-state index contributed by atoms with van der Waals surface area (Å²) in [5.74, 6) is 0. The molecule has 0 fully saturated rings. The van der Waals surface area contributed by atoms with E-state index in [9.17, 15) is 0 Å². The molecule has 0 bridgehead atoms. The molecule has 96 valence electrons. The van der Waals surface area contributed by atoms with Crippen molar-refractivity contribution in [1.82, 2.24) is 4.57 Å². The lowest BCUT2D eigenvalue weighted by Gasteiger charge is -2.19. The molecule has 0 atom stereocenters. The van der Waals surface area contributed by atoms with Gasteiger partial charge in [-0.1, -0.05) is 21.9 Å². The third-order valence-corrected chi connectivity index (χ3v) is 4.51. The molecule has 3 rings (SSSR count). The molecule has 0 spiro atoms. The maximum atomic E-state index is 6.24. The molecule has 1 nitrogen and oxygen atoms in total. The second kappa shape index (κ2) is 5.64. The lowest BCUT2D eigenvalue weighted by Crippen LogP contribution is -2.49.